The molecule has 1 aliphatic carbocycles. The van der Waals surface area contributed by atoms with E-state index in [0.29, 0.717) is 11.7 Å². The van der Waals surface area contributed by atoms with Gasteiger partial charge in [-0.2, -0.15) is 0 Å². The van der Waals surface area contributed by atoms with Crippen LogP contribution in [0.5, 0.6) is 0 Å². The number of hydrogen-bond acceptors (Lipinski definition) is 4. The van der Waals surface area contributed by atoms with Gasteiger partial charge in [-0.1, -0.05) is 19.3 Å². The van der Waals surface area contributed by atoms with Gasteiger partial charge in [0.15, 0.2) is 0 Å². The largest absolute Gasteiger partial charge is 0.397 e. The summed E-state index contributed by atoms with van der Waals surface area (Å²) < 4.78 is 26.1. The van der Waals surface area contributed by atoms with Crippen LogP contribution in [0.2, 0.25) is 0 Å². The molecule has 1 radical (unpaired) electrons. The van der Waals surface area contributed by atoms with Crippen LogP contribution in [-0.2, 0) is 10.0 Å². The molecule has 20 heavy (non-hydrogen) atoms. The molecule has 0 atom stereocenters. The maximum atomic E-state index is 11.9. The minimum Gasteiger partial charge on any atom is -0.397 e. The normalized spacial score (nSPS) is 17.1. The highest BCUT2D eigenvalue weighted by Gasteiger charge is 2.17. The van der Waals surface area contributed by atoms with Crippen molar-refractivity contribution >= 4 is 21.4 Å². The van der Waals surface area contributed by atoms with E-state index in [1.54, 1.807) is 12.1 Å². The van der Waals surface area contributed by atoms with Gasteiger partial charge in [-0.3, -0.25) is 0 Å². The van der Waals surface area contributed by atoms with Crippen molar-refractivity contribution in [2.24, 2.45) is 0 Å². The van der Waals surface area contributed by atoms with Crippen LogP contribution in [0.25, 0.3) is 0 Å². The molecule has 0 saturated heterocycles. The van der Waals surface area contributed by atoms with Crippen molar-refractivity contribution < 1.29 is 8.42 Å². The minimum absolute atomic E-state index is 0.115. The third-order valence-corrected chi connectivity index (χ3v) is 5.05. The number of sulfonamides is 1. The Bertz CT molecular complexity index is 552. The topological polar surface area (TPSA) is 84.2 Å². The third kappa shape index (κ3) is 3.64. The van der Waals surface area contributed by atoms with Gasteiger partial charge < -0.3 is 11.1 Å². The van der Waals surface area contributed by atoms with Crippen LogP contribution in [0.15, 0.2) is 23.1 Å². The van der Waals surface area contributed by atoms with E-state index in [0.717, 1.165) is 18.5 Å². The van der Waals surface area contributed by atoms with Gasteiger partial charge in [-0.05, 0) is 38.0 Å². The van der Waals surface area contributed by atoms with Gasteiger partial charge in [0.1, 0.15) is 0 Å². The van der Waals surface area contributed by atoms with Crippen LogP contribution in [0, 0.1) is 6.92 Å². The van der Waals surface area contributed by atoms with Gasteiger partial charge in [0.25, 0.3) is 0 Å². The number of rotatable bonds is 5. The highest BCUT2D eigenvalue weighted by molar-refractivity contribution is 7.89. The molecule has 0 heterocycles. The Morgan fingerprint density at radius 2 is 1.95 bits per heavy atom. The molecule has 2 rings (SSSR count). The molecule has 1 aromatic carbocycles. The predicted octanol–water partition coefficient (Wildman–Crippen LogP) is 2.13. The Hall–Kier alpha value is -1.27. The molecular weight excluding hydrogens is 274 g/mol. The number of nitrogen functional groups attached to an aromatic ring is 1. The average molecular weight is 296 g/mol. The van der Waals surface area contributed by atoms with Crippen molar-refractivity contribution in [1.29, 1.82) is 0 Å². The fourth-order valence-electron chi connectivity index (χ4n) is 2.52. The van der Waals surface area contributed by atoms with Crippen molar-refractivity contribution in [3.05, 3.63) is 25.1 Å². The van der Waals surface area contributed by atoms with Crippen molar-refractivity contribution in [2.45, 2.75) is 43.0 Å². The lowest BCUT2D eigenvalue weighted by Gasteiger charge is -2.24. The van der Waals surface area contributed by atoms with Crippen molar-refractivity contribution in [3.8, 4) is 0 Å². The number of nitrogens with two attached hydrogens (primary N) is 1. The highest BCUT2D eigenvalue weighted by Crippen LogP contribution is 2.27. The molecule has 1 aromatic rings. The van der Waals surface area contributed by atoms with Gasteiger partial charge in [-0.25, -0.2) is 13.1 Å². The second kappa shape index (κ2) is 6.45. The summed E-state index contributed by atoms with van der Waals surface area (Å²) in [6.07, 6.45) is 6.04. The summed E-state index contributed by atoms with van der Waals surface area (Å²) in [6.45, 7) is 3.60. The smallest absolute Gasteiger partial charge is 0.240 e. The van der Waals surface area contributed by atoms with E-state index in [1.807, 2.05) is 0 Å². The zero-order valence-electron chi connectivity index (χ0n) is 11.6. The summed E-state index contributed by atoms with van der Waals surface area (Å²) in [5, 5.41) is 3.41. The van der Waals surface area contributed by atoms with E-state index in [-0.39, 0.29) is 11.4 Å². The second-order valence-corrected chi connectivity index (χ2v) is 6.89. The summed E-state index contributed by atoms with van der Waals surface area (Å²) in [6, 6.07) is 5.23. The molecular formula is C14H22N3O2S. The number of anilines is 2. The van der Waals surface area contributed by atoms with Crippen LogP contribution in [0.3, 0.4) is 0 Å². The van der Waals surface area contributed by atoms with Crippen LogP contribution in [0.1, 0.15) is 32.1 Å². The van der Waals surface area contributed by atoms with E-state index < -0.39 is 10.0 Å². The molecule has 0 spiro atoms. The van der Waals surface area contributed by atoms with E-state index in [2.05, 4.69) is 17.0 Å². The van der Waals surface area contributed by atoms with E-state index in [9.17, 15) is 8.42 Å². The van der Waals surface area contributed by atoms with Crippen LogP contribution >= 0.6 is 0 Å². The first-order chi connectivity index (χ1) is 9.53. The molecule has 5 nitrogen and oxygen atoms in total. The van der Waals surface area contributed by atoms with E-state index >= 15 is 0 Å². The van der Waals surface area contributed by atoms with Crippen molar-refractivity contribution in [3.63, 3.8) is 0 Å². The minimum atomic E-state index is -3.50. The SMILES string of the molecule is [CH2]CNS(=O)(=O)c1ccc(NC2CCCCC2)c(N)c1. The summed E-state index contributed by atoms with van der Waals surface area (Å²) >= 11 is 0. The van der Waals surface area contributed by atoms with Crippen LogP contribution < -0.4 is 15.8 Å². The Morgan fingerprint density at radius 3 is 2.55 bits per heavy atom. The average Bonchev–Trinajstić information content (AvgIpc) is 2.42. The lowest BCUT2D eigenvalue weighted by Crippen LogP contribution is -2.24. The van der Waals surface area contributed by atoms with Crippen molar-refractivity contribution in [2.75, 3.05) is 17.6 Å². The molecule has 0 aliphatic heterocycles. The molecule has 111 valence electrons. The monoisotopic (exact) mass is 296 g/mol. The number of nitrogens with one attached hydrogen (secondary N) is 2. The fourth-order valence-corrected chi connectivity index (χ4v) is 3.49. The molecule has 1 aliphatic rings. The van der Waals surface area contributed by atoms with Gasteiger partial charge in [0, 0.05) is 12.6 Å². The first-order valence-electron chi connectivity index (χ1n) is 6.98. The Kier molecular flexibility index (Phi) is 4.88. The lowest BCUT2D eigenvalue weighted by atomic mass is 9.95. The van der Waals surface area contributed by atoms with Gasteiger partial charge >= 0.3 is 0 Å². The molecule has 4 N–H and O–H groups in total. The summed E-state index contributed by atoms with van der Waals surface area (Å²) in [5.41, 5.74) is 7.23. The van der Waals surface area contributed by atoms with Crippen molar-refractivity contribution in [1.82, 2.24) is 4.72 Å². The van der Waals surface area contributed by atoms with Gasteiger partial charge in [0.2, 0.25) is 10.0 Å². The summed E-state index contributed by atoms with van der Waals surface area (Å²) in [5.74, 6) is 0. The van der Waals surface area contributed by atoms with Crippen LogP contribution in [-0.4, -0.2) is 21.0 Å². The fraction of sp³-hybridized carbons (Fsp3) is 0.500. The second-order valence-electron chi connectivity index (χ2n) is 5.13. The zero-order valence-corrected chi connectivity index (χ0v) is 12.4. The molecule has 0 unspecified atom stereocenters. The van der Waals surface area contributed by atoms with Crippen LogP contribution in [0.4, 0.5) is 11.4 Å². The number of hydrogen-bond donors (Lipinski definition) is 3. The molecule has 6 heteroatoms. The number of benzene rings is 1. The first kappa shape index (κ1) is 15.1. The Labute approximate surface area is 121 Å². The van der Waals surface area contributed by atoms with E-state index in [4.69, 9.17) is 5.73 Å². The summed E-state index contributed by atoms with van der Waals surface area (Å²) in [4.78, 5) is 0.174. The maximum Gasteiger partial charge on any atom is 0.240 e. The quantitative estimate of drug-likeness (QED) is 0.727. The lowest BCUT2D eigenvalue weighted by molar-refractivity contribution is 0.463. The molecule has 0 aromatic heterocycles. The predicted molar refractivity (Wildman–Crippen MR) is 81.9 cm³/mol. The first-order valence-corrected chi connectivity index (χ1v) is 8.46. The molecule has 0 amide bonds. The van der Waals surface area contributed by atoms with E-state index in [1.165, 1.54) is 25.3 Å². The zero-order chi connectivity index (χ0) is 14.6. The van der Waals surface area contributed by atoms with Gasteiger partial charge in [0.05, 0.1) is 16.3 Å². The highest BCUT2D eigenvalue weighted by atomic mass is 32.2. The standard InChI is InChI=1S/C14H22N3O2S/c1-2-16-20(18,19)12-8-9-14(13(15)10-12)17-11-6-4-3-5-7-11/h8-11,16-17H,1-7,15H2. The summed E-state index contributed by atoms with van der Waals surface area (Å²) in [7, 11) is -3.50. The molecule has 1 saturated carbocycles. The third-order valence-electron chi connectivity index (χ3n) is 3.59. The Balaban J connectivity index is 2.13. The maximum absolute atomic E-state index is 11.9. The molecule has 0 bridgehead atoms. The molecule has 1 fully saturated rings. The Morgan fingerprint density at radius 1 is 1.25 bits per heavy atom. The van der Waals surface area contributed by atoms with Gasteiger partial charge in [-0.15, -0.1) is 0 Å².